The van der Waals surface area contributed by atoms with Crippen molar-refractivity contribution < 1.29 is 13.2 Å². The molecule has 0 unspecified atom stereocenters. The van der Waals surface area contributed by atoms with E-state index in [-0.39, 0.29) is 0 Å². The van der Waals surface area contributed by atoms with Gasteiger partial charge in [0.2, 0.25) is 0 Å². The third kappa shape index (κ3) is 5.38. The van der Waals surface area contributed by atoms with Crippen LogP contribution in [0.3, 0.4) is 0 Å². The third-order valence-electron chi connectivity index (χ3n) is 6.21. The first-order chi connectivity index (χ1) is 15.0. The first-order valence-corrected chi connectivity index (χ1v) is 12.0. The first-order valence-electron chi connectivity index (χ1n) is 11.1. The molecular weight excluding hydrogens is 419 g/mol. The lowest BCUT2D eigenvalue weighted by atomic mass is 9.94. The molecule has 0 bridgehead atoms. The fourth-order valence-corrected chi connectivity index (χ4v) is 5.73. The van der Waals surface area contributed by atoms with Gasteiger partial charge < -0.3 is 16.4 Å². The molecule has 168 valence electrons. The predicted octanol–water partition coefficient (Wildman–Crippen LogP) is 5.77. The molecule has 0 saturated heterocycles. The molecule has 2 aromatic carbocycles. The molecule has 0 radical (unpaired) electrons. The first kappa shape index (κ1) is 22.5. The van der Waals surface area contributed by atoms with Gasteiger partial charge in [-0.05, 0) is 66.6 Å². The number of halogens is 3. The zero-order chi connectivity index (χ0) is 21.8. The Balaban J connectivity index is 1.56. The molecule has 2 aliphatic rings. The highest BCUT2D eigenvalue weighted by atomic mass is 32.2. The number of nitrogens with two attached hydrogens (primary N) is 1. The van der Waals surface area contributed by atoms with Gasteiger partial charge in [0.25, 0.3) is 0 Å². The lowest BCUT2D eigenvalue weighted by molar-refractivity contribution is -0.137. The molecule has 3 nitrogen and oxygen atoms in total. The second-order valence-electron chi connectivity index (χ2n) is 8.44. The van der Waals surface area contributed by atoms with Crippen molar-refractivity contribution in [2.75, 3.05) is 31.5 Å². The van der Waals surface area contributed by atoms with Gasteiger partial charge in [0.05, 0.1) is 5.56 Å². The number of hydrogen-bond acceptors (Lipinski definition) is 4. The summed E-state index contributed by atoms with van der Waals surface area (Å²) in [6.45, 7) is 2.72. The van der Waals surface area contributed by atoms with Crippen LogP contribution in [0, 0.1) is 0 Å². The molecule has 7 heteroatoms. The summed E-state index contributed by atoms with van der Waals surface area (Å²) in [6.07, 6.45) is 2.08. The van der Waals surface area contributed by atoms with E-state index in [4.69, 9.17) is 5.73 Å². The van der Waals surface area contributed by atoms with Gasteiger partial charge in [-0.25, -0.2) is 0 Å². The normalized spacial score (nSPS) is 16.3. The third-order valence-corrected chi connectivity index (χ3v) is 7.39. The molecule has 0 amide bonds. The molecule has 1 heterocycles. The summed E-state index contributed by atoms with van der Waals surface area (Å²) in [5.74, 6) is 0.596. The standard InChI is InChI=1S/C24H30F3N3S/c25-24(26,27)19-14-21(30-10-3-9-29-11-8-28)20-12-18-7-6-17(16-4-1-2-5-16)13-22(18)31-23(20)15-19/h6-7,13-16,29-30H,1-5,8-12,28H2. The van der Waals surface area contributed by atoms with Crippen LogP contribution in [0.15, 0.2) is 40.1 Å². The molecule has 4 rings (SSSR count). The number of fused-ring (bicyclic) bond motifs is 2. The topological polar surface area (TPSA) is 50.1 Å². The van der Waals surface area contributed by atoms with Gasteiger partial charge >= 0.3 is 6.18 Å². The summed E-state index contributed by atoms with van der Waals surface area (Å²) >= 11 is 1.48. The Hall–Kier alpha value is -1.70. The van der Waals surface area contributed by atoms with Gasteiger partial charge in [0.1, 0.15) is 0 Å². The zero-order valence-electron chi connectivity index (χ0n) is 17.7. The van der Waals surface area contributed by atoms with Gasteiger partial charge in [-0.1, -0.05) is 36.7 Å². The van der Waals surface area contributed by atoms with Gasteiger partial charge in [-0.15, -0.1) is 0 Å². The zero-order valence-corrected chi connectivity index (χ0v) is 18.5. The molecule has 1 aliphatic carbocycles. The molecule has 0 aromatic heterocycles. The lowest BCUT2D eigenvalue weighted by Gasteiger charge is -2.25. The maximum absolute atomic E-state index is 13.6. The van der Waals surface area contributed by atoms with E-state index in [1.165, 1.54) is 60.7 Å². The van der Waals surface area contributed by atoms with E-state index in [2.05, 4.69) is 28.8 Å². The number of rotatable bonds is 8. The second-order valence-corrected chi connectivity index (χ2v) is 9.53. The number of benzene rings is 2. The van der Waals surface area contributed by atoms with E-state index in [9.17, 15) is 13.2 Å². The van der Waals surface area contributed by atoms with Crippen LogP contribution in [-0.2, 0) is 12.6 Å². The minimum Gasteiger partial charge on any atom is -0.385 e. The van der Waals surface area contributed by atoms with Crippen LogP contribution in [0.25, 0.3) is 0 Å². The van der Waals surface area contributed by atoms with Crippen LogP contribution >= 0.6 is 11.8 Å². The molecular formula is C24H30F3N3S. The summed E-state index contributed by atoms with van der Waals surface area (Å²) in [7, 11) is 0. The van der Waals surface area contributed by atoms with E-state index in [1.54, 1.807) is 0 Å². The molecule has 4 N–H and O–H groups in total. The van der Waals surface area contributed by atoms with Crippen molar-refractivity contribution in [3.8, 4) is 0 Å². The van der Waals surface area contributed by atoms with Crippen molar-refractivity contribution in [1.29, 1.82) is 0 Å². The molecule has 1 saturated carbocycles. The van der Waals surface area contributed by atoms with Crippen LogP contribution < -0.4 is 16.4 Å². The number of alkyl halides is 3. The maximum Gasteiger partial charge on any atom is 0.416 e. The summed E-state index contributed by atoms with van der Waals surface area (Å²) in [4.78, 5) is 1.82. The van der Waals surface area contributed by atoms with E-state index >= 15 is 0 Å². The highest BCUT2D eigenvalue weighted by Gasteiger charge is 2.33. The largest absolute Gasteiger partial charge is 0.416 e. The Labute approximate surface area is 186 Å². The lowest BCUT2D eigenvalue weighted by Crippen LogP contribution is -2.24. The van der Waals surface area contributed by atoms with Gasteiger partial charge in [-0.3, -0.25) is 0 Å². The average molecular weight is 450 g/mol. The minimum absolute atomic E-state index is 0.577. The highest BCUT2D eigenvalue weighted by Crippen LogP contribution is 2.47. The van der Waals surface area contributed by atoms with E-state index in [0.29, 0.717) is 31.1 Å². The number of hydrogen-bond donors (Lipinski definition) is 3. The molecule has 0 atom stereocenters. The molecule has 0 spiro atoms. The van der Waals surface area contributed by atoms with Crippen molar-refractivity contribution in [3.63, 3.8) is 0 Å². The van der Waals surface area contributed by atoms with Crippen molar-refractivity contribution in [3.05, 3.63) is 52.6 Å². The molecule has 1 aliphatic heterocycles. The molecule has 31 heavy (non-hydrogen) atoms. The number of anilines is 1. The van der Waals surface area contributed by atoms with E-state index in [1.807, 2.05) is 0 Å². The Kier molecular flexibility index (Phi) is 7.14. The maximum atomic E-state index is 13.6. The van der Waals surface area contributed by atoms with E-state index in [0.717, 1.165) is 34.9 Å². The smallest absolute Gasteiger partial charge is 0.385 e. The van der Waals surface area contributed by atoms with Crippen LogP contribution in [0.2, 0.25) is 0 Å². The van der Waals surface area contributed by atoms with Crippen LogP contribution in [-0.4, -0.2) is 26.2 Å². The fraction of sp³-hybridized carbons (Fsp3) is 0.500. The van der Waals surface area contributed by atoms with E-state index < -0.39 is 11.7 Å². The highest BCUT2D eigenvalue weighted by molar-refractivity contribution is 7.99. The van der Waals surface area contributed by atoms with Crippen molar-refractivity contribution in [1.82, 2.24) is 5.32 Å². The molecule has 1 fully saturated rings. The minimum atomic E-state index is -4.36. The monoisotopic (exact) mass is 449 g/mol. The summed E-state index contributed by atoms with van der Waals surface area (Å²) < 4.78 is 40.7. The van der Waals surface area contributed by atoms with Gasteiger partial charge in [-0.2, -0.15) is 13.2 Å². The van der Waals surface area contributed by atoms with Crippen LogP contribution in [0.4, 0.5) is 18.9 Å². The van der Waals surface area contributed by atoms with Crippen molar-refractivity contribution in [2.24, 2.45) is 5.73 Å². The summed E-state index contributed by atoms with van der Waals surface area (Å²) in [6, 6.07) is 9.21. The Morgan fingerprint density at radius 3 is 2.55 bits per heavy atom. The second kappa shape index (κ2) is 9.84. The van der Waals surface area contributed by atoms with Gasteiger partial charge in [0, 0.05) is 41.5 Å². The Morgan fingerprint density at radius 1 is 1.00 bits per heavy atom. The average Bonchev–Trinajstić information content (AvgIpc) is 3.28. The summed E-state index contributed by atoms with van der Waals surface area (Å²) in [5, 5.41) is 6.48. The van der Waals surface area contributed by atoms with Crippen molar-refractivity contribution in [2.45, 2.75) is 60.4 Å². The predicted molar refractivity (Wildman–Crippen MR) is 121 cm³/mol. The Morgan fingerprint density at radius 2 is 1.81 bits per heavy atom. The quantitative estimate of drug-likeness (QED) is 0.382. The number of nitrogens with one attached hydrogen (secondary N) is 2. The van der Waals surface area contributed by atoms with Crippen LogP contribution in [0.5, 0.6) is 0 Å². The fourth-order valence-electron chi connectivity index (χ4n) is 4.54. The SMILES string of the molecule is NCCNCCCNc1cc(C(F)(F)F)cc2c1Cc1ccc(C3CCCC3)cc1S2. The van der Waals surface area contributed by atoms with Crippen LogP contribution in [0.1, 0.15) is 60.3 Å². The Bertz CT molecular complexity index is 908. The van der Waals surface area contributed by atoms with Gasteiger partial charge in [0.15, 0.2) is 0 Å². The summed E-state index contributed by atoms with van der Waals surface area (Å²) in [5.41, 5.74) is 8.98. The molecule has 2 aromatic rings. The van der Waals surface area contributed by atoms with Crippen molar-refractivity contribution >= 4 is 17.4 Å².